The monoisotopic (exact) mass is 836 g/mol. The van der Waals surface area contributed by atoms with Crippen molar-refractivity contribution in [3.05, 3.63) is 205 Å². The maximum absolute atomic E-state index is 9.77. The van der Waals surface area contributed by atoms with Crippen molar-refractivity contribution in [1.82, 2.24) is 23.1 Å². The molecule has 0 aliphatic carbocycles. The molecule has 8 heteroatoms. The van der Waals surface area contributed by atoms with Crippen molar-refractivity contribution < 1.29 is 8.83 Å². The normalized spacial score (nSPS) is 12.1. The summed E-state index contributed by atoms with van der Waals surface area (Å²) in [5, 5.41) is 14.0. The quantitative estimate of drug-likeness (QED) is 0.187. The number of aromatic nitrogens is 5. The van der Waals surface area contributed by atoms with Gasteiger partial charge in [-0.25, -0.2) is 4.98 Å². The Morgan fingerprint density at radius 1 is 0.400 bits per heavy atom. The maximum Gasteiger partial charge on any atom is 0.220 e. The van der Waals surface area contributed by atoms with Crippen molar-refractivity contribution in [2.45, 2.75) is 6.92 Å². The van der Waals surface area contributed by atoms with Crippen LogP contribution in [0, 0.1) is 12.3 Å². The highest BCUT2D eigenvalue weighted by molar-refractivity contribution is 6.07. The van der Waals surface area contributed by atoms with E-state index >= 15 is 0 Å². The molecular weight excluding hydrogens is 801 g/mol. The fourth-order valence-corrected chi connectivity index (χ4v) is 10.1. The zero-order valence-corrected chi connectivity index (χ0v) is 35.0. The smallest absolute Gasteiger partial charge is 0.220 e. The molecule has 306 valence electrons. The van der Waals surface area contributed by atoms with Crippen LogP contribution in [0.5, 0.6) is 0 Å². The maximum atomic E-state index is 9.77. The summed E-state index contributed by atoms with van der Waals surface area (Å²) in [5.74, 6) is 0.855. The Balaban J connectivity index is 0.924. The van der Waals surface area contributed by atoms with Gasteiger partial charge in [0.25, 0.3) is 0 Å². The number of rotatable bonds is 5. The van der Waals surface area contributed by atoms with Gasteiger partial charge < -0.3 is 8.83 Å². The van der Waals surface area contributed by atoms with Gasteiger partial charge >= 0.3 is 0 Å². The lowest BCUT2D eigenvalue weighted by molar-refractivity contribution is 0.668. The van der Waals surface area contributed by atoms with Gasteiger partial charge in [0.15, 0.2) is 0 Å². The molecule has 0 aliphatic rings. The van der Waals surface area contributed by atoms with E-state index in [1.165, 1.54) is 0 Å². The number of hydrogen-bond acceptors (Lipinski definition) is 4. The van der Waals surface area contributed by atoms with E-state index in [0.29, 0.717) is 5.62 Å². The van der Waals surface area contributed by atoms with E-state index in [1.807, 2.05) is 65.2 Å². The topological polar surface area (TPSA) is 82.2 Å². The molecular formula is C57H36N6O2. The highest BCUT2D eigenvalue weighted by Crippen LogP contribution is 2.38. The highest BCUT2D eigenvalue weighted by atomic mass is 16.3. The third-order valence-corrected chi connectivity index (χ3v) is 13.2. The number of nitrogens with one attached hydrogen (secondary N) is 1. The molecule has 0 amide bonds. The van der Waals surface area contributed by atoms with Crippen molar-refractivity contribution in [2.24, 2.45) is 0 Å². The second-order valence-corrected chi connectivity index (χ2v) is 16.9. The van der Waals surface area contributed by atoms with Crippen molar-refractivity contribution in [2.75, 3.05) is 0 Å². The van der Waals surface area contributed by atoms with E-state index in [0.717, 1.165) is 128 Å². The molecule has 0 spiro atoms. The van der Waals surface area contributed by atoms with E-state index in [2.05, 4.69) is 154 Å². The molecule has 14 aromatic rings. The molecule has 14 rings (SSSR count). The van der Waals surface area contributed by atoms with E-state index < -0.39 is 0 Å². The summed E-state index contributed by atoms with van der Waals surface area (Å²) in [4.78, 5) is 5.21. The summed E-state index contributed by atoms with van der Waals surface area (Å²) >= 11 is 0. The van der Waals surface area contributed by atoms with Gasteiger partial charge in [-0.3, -0.25) is 23.5 Å². The van der Waals surface area contributed by atoms with Crippen LogP contribution in [0.1, 0.15) is 5.56 Å². The largest absolute Gasteiger partial charge is 0.456 e. The van der Waals surface area contributed by atoms with Gasteiger partial charge in [-0.05, 0) is 132 Å². The van der Waals surface area contributed by atoms with Crippen LogP contribution in [0.4, 0.5) is 0 Å². The van der Waals surface area contributed by atoms with Gasteiger partial charge in [-0.15, -0.1) is 0 Å². The van der Waals surface area contributed by atoms with E-state index in [1.54, 1.807) is 0 Å². The Hall–Kier alpha value is -8.88. The van der Waals surface area contributed by atoms with Crippen LogP contribution in [0.15, 0.2) is 203 Å². The molecule has 0 saturated heterocycles. The molecule has 65 heavy (non-hydrogen) atoms. The molecule has 0 aliphatic heterocycles. The highest BCUT2D eigenvalue weighted by Gasteiger charge is 2.21. The van der Waals surface area contributed by atoms with Gasteiger partial charge in [0.1, 0.15) is 22.3 Å². The Bertz CT molecular complexity index is 4360. The molecule has 0 radical (unpaired) electrons. The fraction of sp³-hybridized carbons (Fsp3) is 0.0175. The first-order valence-electron chi connectivity index (χ1n) is 21.8. The predicted octanol–water partition coefficient (Wildman–Crippen LogP) is 14.1. The first-order chi connectivity index (χ1) is 32.0. The SMILES string of the molecule is Cc1ccccc1-n1c(=N)n(-c2ccc3oc4ccccc4c3c2)c2ccc(-c3cccc(-c4ccc5c(c4)n4c6ccccc6nc4n5-c4ccc5oc6ccccc6c5c4)c3)cc21. The molecule has 1 N–H and O–H groups in total. The Kier molecular flexibility index (Phi) is 7.31. The number of fused-ring (bicyclic) bond motifs is 12. The van der Waals surface area contributed by atoms with Gasteiger partial charge in [0.2, 0.25) is 11.4 Å². The van der Waals surface area contributed by atoms with Crippen LogP contribution >= 0.6 is 0 Å². The van der Waals surface area contributed by atoms with Crippen molar-refractivity contribution >= 4 is 82.8 Å². The third kappa shape index (κ3) is 5.19. The van der Waals surface area contributed by atoms with Crippen molar-refractivity contribution in [3.63, 3.8) is 0 Å². The van der Waals surface area contributed by atoms with Crippen molar-refractivity contribution in [3.8, 4) is 39.3 Å². The first kappa shape index (κ1) is 35.7. The lowest BCUT2D eigenvalue weighted by Crippen LogP contribution is -2.22. The van der Waals surface area contributed by atoms with E-state index in [9.17, 15) is 5.41 Å². The Labute approximate surface area is 370 Å². The molecule has 0 unspecified atom stereocenters. The summed E-state index contributed by atoms with van der Waals surface area (Å²) in [6, 6.07) is 67.6. The summed E-state index contributed by atoms with van der Waals surface area (Å²) < 4.78 is 21.0. The minimum Gasteiger partial charge on any atom is -0.456 e. The molecule has 5 aromatic heterocycles. The first-order valence-corrected chi connectivity index (χ1v) is 21.8. The number of para-hydroxylation sites is 5. The molecule has 0 atom stereocenters. The predicted molar refractivity (Wildman–Crippen MR) is 262 cm³/mol. The molecule has 5 heterocycles. The molecule has 0 bridgehead atoms. The number of nitrogens with zero attached hydrogens (tertiary/aromatic N) is 5. The van der Waals surface area contributed by atoms with Gasteiger partial charge in [-0.2, -0.15) is 0 Å². The lowest BCUT2D eigenvalue weighted by atomic mass is 9.98. The van der Waals surface area contributed by atoms with Gasteiger partial charge in [0.05, 0.1) is 50.2 Å². The average Bonchev–Trinajstić information content (AvgIpc) is 4.15. The van der Waals surface area contributed by atoms with Crippen LogP contribution in [0.25, 0.3) is 122 Å². The van der Waals surface area contributed by atoms with Crippen molar-refractivity contribution in [1.29, 1.82) is 5.41 Å². The van der Waals surface area contributed by atoms with Crippen LogP contribution < -0.4 is 5.62 Å². The Morgan fingerprint density at radius 2 is 0.954 bits per heavy atom. The Morgan fingerprint density at radius 3 is 1.65 bits per heavy atom. The molecule has 8 nitrogen and oxygen atoms in total. The van der Waals surface area contributed by atoms with Crippen LogP contribution in [-0.2, 0) is 0 Å². The summed E-state index contributed by atoms with van der Waals surface area (Å²) in [5.41, 5.74) is 18.1. The number of aryl methyl sites for hydroxylation is 1. The zero-order valence-electron chi connectivity index (χ0n) is 35.0. The molecule has 0 fully saturated rings. The van der Waals surface area contributed by atoms with Gasteiger partial charge in [-0.1, -0.05) is 97.1 Å². The zero-order chi connectivity index (χ0) is 42.9. The minimum atomic E-state index is 0.365. The number of benzene rings is 9. The van der Waals surface area contributed by atoms with Crippen LogP contribution in [-0.4, -0.2) is 23.1 Å². The molecule has 0 saturated carbocycles. The second-order valence-electron chi connectivity index (χ2n) is 16.9. The van der Waals surface area contributed by atoms with E-state index in [-0.39, 0.29) is 0 Å². The summed E-state index contributed by atoms with van der Waals surface area (Å²) in [6.07, 6.45) is 0. The lowest BCUT2D eigenvalue weighted by Gasteiger charge is -2.10. The number of furan rings is 2. The van der Waals surface area contributed by atoms with Crippen LogP contribution in [0.2, 0.25) is 0 Å². The molecule has 9 aromatic carbocycles. The fourth-order valence-electron chi connectivity index (χ4n) is 10.1. The summed E-state index contributed by atoms with van der Waals surface area (Å²) in [6.45, 7) is 2.10. The number of imidazole rings is 3. The van der Waals surface area contributed by atoms with Gasteiger partial charge in [0, 0.05) is 21.5 Å². The van der Waals surface area contributed by atoms with Crippen LogP contribution in [0.3, 0.4) is 0 Å². The minimum absolute atomic E-state index is 0.365. The van der Waals surface area contributed by atoms with E-state index in [4.69, 9.17) is 13.8 Å². The standard InChI is InChI=1S/C57H36N6O2/c1-34-11-2-6-17-46(34)62-50-30-37(21-25-48(50)60(56(62)58)39-23-27-54-43(32-39)41-14-3-8-19-52(41)64-54)35-12-10-13-36(29-35)38-22-26-49-51(31-38)63-47-18-7-5-16-45(47)59-57(63)61(49)40-24-28-55-44(33-40)42-15-4-9-20-53(42)65-55/h2-33,58H,1H3. The average molecular weight is 837 g/mol. The second kappa shape index (κ2) is 13.3. The number of hydrogen-bond donors (Lipinski definition) is 1. The summed E-state index contributed by atoms with van der Waals surface area (Å²) in [7, 11) is 0. The third-order valence-electron chi connectivity index (χ3n) is 13.2.